The van der Waals surface area contributed by atoms with E-state index in [1.165, 1.54) is 16.8 Å². The Kier molecular flexibility index (Phi) is 3.51. The van der Waals surface area contributed by atoms with Crippen LogP contribution in [0.5, 0.6) is 0 Å². The number of hydrogen-bond donors (Lipinski definition) is 1. The Morgan fingerprint density at radius 3 is 2.06 bits per heavy atom. The molecule has 1 aromatic carbocycles. The Hall–Kier alpha value is -1.31. The van der Waals surface area contributed by atoms with Crippen LogP contribution >= 0.6 is 0 Å². The number of nitrogens with zero attached hydrogens (tertiary/aromatic N) is 1. The molecule has 2 nitrogen and oxygen atoms in total. The molecule has 0 aromatic heterocycles. The molecule has 0 spiro atoms. The largest absolute Gasteiger partial charge is 0.277 e. The average Bonchev–Trinajstić information content (AvgIpc) is 2.80. The smallest absolute Gasteiger partial charge is 0.237 e. The molecule has 0 atom stereocenters. The molecule has 2 rings (SSSR count). The zero-order valence-corrected chi connectivity index (χ0v) is 11.3. The third-order valence-corrected chi connectivity index (χ3v) is 3.37. The van der Waals surface area contributed by atoms with Crippen molar-refractivity contribution in [3.8, 4) is 0 Å². The van der Waals surface area contributed by atoms with E-state index in [4.69, 9.17) is 0 Å². The highest BCUT2D eigenvalue weighted by Crippen LogP contribution is 2.34. The summed E-state index contributed by atoms with van der Waals surface area (Å²) in [5.74, 6) is 1.13. The molecule has 0 fully saturated rings. The molecule has 1 aliphatic rings. The zero-order chi connectivity index (χ0) is 12.4. The van der Waals surface area contributed by atoms with Gasteiger partial charge in [0.15, 0.2) is 0 Å². The predicted octanol–water partition coefficient (Wildman–Crippen LogP) is 3.21. The highest BCUT2D eigenvalue weighted by atomic mass is 15.2. The van der Waals surface area contributed by atoms with Gasteiger partial charge in [0.05, 0.1) is 0 Å². The molecule has 0 radical (unpaired) electrons. The van der Waals surface area contributed by atoms with Gasteiger partial charge in [0.2, 0.25) is 6.34 Å². The van der Waals surface area contributed by atoms with Crippen molar-refractivity contribution in [1.29, 1.82) is 0 Å². The summed E-state index contributed by atoms with van der Waals surface area (Å²) in [4.78, 5) is 0. The van der Waals surface area contributed by atoms with Gasteiger partial charge < -0.3 is 0 Å². The number of para-hydroxylation sites is 1. The topological polar surface area (TPSA) is 15.0 Å². The summed E-state index contributed by atoms with van der Waals surface area (Å²) in [6.45, 7) is 11.2. The lowest BCUT2D eigenvalue weighted by Gasteiger charge is -2.17. The quantitative estimate of drug-likeness (QED) is 0.789. The summed E-state index contributed by atoms with van der Waals surface area (Å²) in [5.41, 5.74) is 4.33. The molecular weight excluding hydrogens is 208 g/mol. The van der Waals surface area contributed by atoms with Gasteiger partial charge in [0.25, 0.3) is 0 Å². The van der Waals surface area contributed by atoms with E-state index in [0.717, 1.165) is 13.1 Å². The van der Waals surface area contributed by atoms with Crippen LogP contribution in [0.3, 0.4) is 0 Å². The predicted molar refractivity (Wildman–Crippen MR) is 73.5 cm³/mol. The molecule has 1 N–H and O–H groups in total. The van der Waals surface area contributed by atoms with Gasteiger partial charge in [-0.25, -0.2) is 4.58 Å². The number of nitrogens with one attached hydrogen (secondary N) is 1. The van der Waals surface area contributed by atoms with E-state index in [-0.39, 0.29) is 0 Å². The van der Waals surface area contributed by atoms with Crippen molar-refractivity contribution in [1.82, 2.24) is 5.32 Å². The fourth-order valence-corrected chi connectivity index (χ4v) is 2.44. The number of rotatable bonds is 3. The van der Waals surface area contributed by atoms with Crippen LogP contribution in [0, 0.1) is 0 Å². The minimum Gasteiger partial charge on any atom is -0.277 e. The summed E-state index contributed by atoms with van der Waals surface area (Å²) in [5, 5.41) is 3.30. The lowest BCUT2D eigenvalue weighted by atomic mass is 9.92. The van der Waals surface area contributed by atoms with Crippen LogP contribution < -0.4 is 5.32 Å². The maximum Gasteiger partial charge on any atom is 0.237 e. The molecular formula is C15H23N2+. The Morgan fingerprint density at radius 2 is 1.65 bits per heavy atom. The first-order valence-electron chi connectivity index (χ1n) is 6.57. The van der Waals surface area contributed by atoms with Crippen LogP contribution in [0.15, 0.2) is 18.2 Å². The van der Waals surface area contributed by atoms with Crippen LogP contribution in [0.25, 0.3) is 0 Å². The van der Waals surface area contributed by atoms with Crippen molar-refractivity contribution >= 4 is 12.0 Å². The second-order valence-electron chi connectivity index (χ2n) is 5.37. The van der Waals surface area contributed by atoms with Gasteiger partial charge >= 0.3 is 0 Å². The van der Waals surface area contributed by atoms with Crippen molar-refractivity contribution in [2.24, 2.45) is 0 Å². The van der Waals surface area contributed by atoms with E-state index in [9.17, 15) is 0 Å². The van der Waals surface area contributed by atoms with Gasteiger partial charge in [0.1, 0.15) is 18.8 Å². The van der Waals surface area contributed by atoms with Gasteiger partial charge in [0, 0.05) is 11.1 Å². The van der Waals surface area contributed by atoms with Crippen LogP contribution in [0.4, 0.5) is 5.69 Å². The van der Waals surface area contributed by atoms with Crippen molar-refractivity contribution < 1.29 is 4.58 Å². The highest BCUT2D eigenvalue weighted by molar-refractivity contribution is 5.58. The molecule has 17 heavy (non-hydrogen) atoms. The molecule has 1 aliphatic heterocycles. The Labute approximate surface area is 104 Å². The monoisotopic (exact) mass is 231 g/mol. The van der Waals surface area contributed by atoms with Gasteiger partial charge in [-0.3, -0.25) is 5.32 Å². The summed E-state index contributed by atoms with van der Waals surface area (Å²) in [6, 6.07) is 6.72. The number of hydrogen-bond acceptors (Lipinski definition) is 1. The van der Waals surface area contributed by atoms with Gasteiger partial charge in [-0.15, -0.1) is 0 Å². The minimum absolute atomic E-state index is 0.567. The zero-order valence-electron chi connectivity index (χ0n) is 11.3. The third kappa shape index (κ3) is 2.36. The third-order valence-electron chi connectivity index (χ3n) is 3.37. The van der Waals surface area contributed by atoms with Crippen LogP contribution in [0.1, 0.15) is 50.7 Å². The van der Waals surface area contributed by atoms with E-state index < -0.39 is 0 Å². The molecule has 0 amide bonds. The van der Waals surface area contributed by atoms with Gasteiger partial charge in [-0.2, -0.15) is 0 Å². The Balaban J connectivity index is 2.57. The summed E-state index contributed by atoms with van der Waals surface area (Å²) in [7, 11) is 0. The Morgan fingerprint density at radius 1 is 1.06 bits per heavy atom. The first kappa shape index (κ1) is 12.2. The molecule has 1 aromatic rings. The molecule has 0 unspecified atom stereocenters. The lowest BCUT2D eigenvalue weighted by Crippen LogP contribution is -2.10. The van der Waals surface area contributed by atoms with Crippen LogP contribution in [0.2, 0.25) is 0 Å². The maximum atomic E-state index is 3.30. The molecule has 0 saturated carbocycles. The van der Waals surface area contributed by atoms with E-state index >= 15 is 0 Å². The molecule has 0 saturated heterocycles. The Bertz CT molecular complexity index is 404. The van der Waals surface area contributed by atoms with Crippen LogP contribution in [-0.2, 0) is 0 Å². The summed E-state index contributed by atoms with van der Waals surface area (Å²) in [6.07, 6.45) is 2.12. The molecule has 92 valence electrons. The molecule has 0 bridgehead atoms. The second-order valence-corrected chi connectivity index (χ2v) is 5.37. The molecule has 2 heteroatoms. The van der Waals surface area contributed by atoms with Crippen molar-refractivity contribution in [3.05, 3.63) is 29.3 Å². The van der Waals surface area contributed by atoms with Gasteiger partial charge in [-0.05, 0) is 11.8 Å². The van der Waals surface area contributed by atoms with E-state index in [0.29, 0.717) is 11.8 Å². The average molecular weight is 231 g/mol. The van der Waals surface area contributed by atoms with Crippen LogP contribution in [-0.4, -0.2) is 24.0 Å². The standard InChI is InChI=1S/C15H22N2/c1-11(2)13-6-5-7-14(12(3)4)15(13)17-9-8-16-10-17/h5-7,10-12H,8-9H2,1-4H3/p+1. The van der Waals surface area contributed by atoms with Crippen molar-refractivity contribution in [2.75, 3.05) is 13.1 Å². The fraction of sp³-hybridized carbons (Fsp3) is 0.533. The fourth-order valence-electron chi connectivity index (χ4n) is 2.44. The maximum absolute atomic E-state index is 3.30. The normalized spacial score (nSPS) is 15.3. The first-order chi connectivity index (χ1) is 8.11. The van der Waals surface area contributed by atoms with Crippen molar-refractivity contribution in [3.63, 3.8) is 0 Å². The number of benzene rings is 1. The summed E-state index contributed by atoms with van der Waals surface area (Å²) < 4.78 is 2.37. The van der Waals surface area contributed by atoms with Gasteiger partial charge in [-0.1, -0.05) is 45.9 Å². The lowest BCUT2D eigenvalue weighted by molar-refractivity contribution is -0.425. The molecule has 1 heterocycles. The minimum atomic E-state index is 0.567. The highest BCUT2D eigenvalue weighted by Gasteiger charge is 2.22. The second kappa shape index (κ2) is 4.91. The van der Waals surface area contributed by atoms with E-state index in [1.807, 2.05) is 0 Å². The van der Waals surface area contributed by atoms with E-state index in [1.54, 1.807) is 0 Å². The summed E-state index contributed by atoms with van der Waals surface area (Å²) >= 11 is 0. The van der Waals surface area contributed by atoms with Crippen molar-refractivity contribution in [2.45, 2.75) is 39.5 Å². The molecule has 0 aliphatic carbocycles. The SMILES string of the molecule is CC(C)c1cccc(C(C)C)c1[N+]1=CNCC1. The first-order valence-corrected chi connectivity index (χ1v) is 6.57. The van der Waals surface area contributed by atoms with E-state index in [2.05, 4.69) is 62.1 Å².